The van der Waals surface area contributed by atoms with Crippen LogP contribution >= 0.6 is 0 Å². The molecule has 0 aliphatic rings. The van der Waals surface area contributed by atoms with E-state index < -0.39 is 0 Å². The summed E-state index contributed by atoms with van der Waals surface area (Å²) in [5.41, 5.74) is 13.0. The minimum atomic E-state index is 0.601. The van der Waals surface area contributed by atoms with Crippen LogP contribution < -0.4 is 0 Å². The molecule has 12 rings (SSSR count). The predicted molar refractivity (Wildman–Crippen MR) is 240 cm³/mol. The summed E-state index contributed by atoms with van der Waals surface area (Å²) in [6.07, 6.45) is 1.79. The first-order valence-electron chi connectivity index (χ1n) is 19.6. The third-order valence-corrected chi connectivity index (χ3v) is 11.6. The molecular weight excluding hydrogens is 707 g/mol. The fraction of sp³-hybridized carbons (Fsp3) is 0. The van der Waals surface area contributed by atoms with Gasteiger partial charge < -0.3 is 4.57 Å². The molecule has 4 aromatic heterocycles. The molecule has 5 heteroatoms. The molecule has 4 heterocycles. The number of fused-ring (bicyclic) bond motifs is 9. The van der Waals surface area contributed by atoms with Crippen LogP contribution in [0.15, 0.2) is 200 Å². The smallest absolute Gasteiger partial charge is 0.237 e. The van der Waals surface area contributed by atoms with Gasteiger partial charge in [0.25, 0.3) is 0 Å². The van der Waals surface area contributed by atoms with E-state index in [0.717, 1.165) is 55.3 Å². The van der Waals surface area contributed by atoms with Crippen molar-refractivity contribution in [3.8, 4) is 45.1 Å². The van der Waals surface area contributed by atoms with Crippen molar-refractivity contribution in [3.05, 3.63) is 200 Å². The summed E-state index contributed by atoms with van der Waals surface area (Å²) in [6.45, 7) is 0. The zero-order chi connectivity index (χ0) is 38.2. The standard InChI is InChI=1S/C53H33N5/c1-3-14-36(15-4-1)50-43-22-13-31-54-52(43)56-53(55-50)58-48-24-12-9-19-40(48)45-32-37(29-30-49(45)58)34-25-27-35(28-26-34)44-33-46-41-20-10-11-23-47(41)57(38-16-5-2-6-17-38)51(46)42-21-8-7-18-39(42)44/h1-33H. The highest BCUT2D eigenvalue weighted by molar-refractivity contribution is 6.22. The van der Waals surface area contributed by atoms with E-state index in [-0.39, 0.29) is 0 Å². The van der Waals surface area contributed by atoms with Crippen LogP contribution in [0.5, 0.6) is 0 Å². The highest BCUT2D eigenvalue weighted by Gasteiger charge is 2.20. The molecule has 0 saturated carbocycles. The van der Waals surface area contributed by atoms with Gasteiger partial charge in [-0.2, -0.15) is 4.98 Å². The van der Waals surface area contributed by atoms with Gasteiger partial charge in [-0.05, 0) is 82.2 Å². The van der Waals surface area contributed by atoms with Crippen LogP contribution in [0.1, 0.15) is 0 Å². The van der Waals surface area contributed by atoms with E-state index in [1.165, 1.54) is 43.7 Å². The number of nitrogens with zero attached hydrogens (tertiary/aromatic N) is 5. The highest BCUT2D eigenvalue weighted by atomic mass is 15.2. The summed E-state index contributed by atoms with van der Waals surface area (Å²) < 4.78 is 4.59. The zero-order valence-corrected chi connectivity index (χ0v) is 31.3. The van der Waals surface area contributed by atoms with E-state index in [9.17, 15) is 0 Å². The maximum Gasteiger partial charge on any atom is 0.237 e. The number of para-hydroxylation sites is 3. The first kappa shape index (κ1) is 32.4. The van der Waals surface area contributed by atoms with Crippen molar-refractivity contribution >= 4 is 65.4 Å². The fourth-order valence-corrected chi connectivity index (χ4v) is 8.98. The Labute approximate surface area is 333 Å². The molecule has 0 radical (unpaired) electrons. The molecule has 0 aliphatic carbocycles. The van der Waals surface area contributed by atoms with E-state index in [2.05, 4.69) is 178 Å². The minimum Gasteiger partial charge on any atom is -0.309 e. The zero-order valence-electron chi connectivity index (χ0n) is 31.3. The summed E-state index contributed by atoms with van der Waals surface area (Å²) in [7, 11) is 0. The van der Waals surface area contributed by atoms with Gasteiger partial charge in [0.2, 0.25) is 5.95 Å². The van der Waals surface area contributed by atoms with Gasteiger partial charge in [-0.3, -0.25) is 4.57 Å². The normalized spacial score (nSPS) is 11.8. The van der Waals surface area contributed by atoms with E-state index in [4.69, 9.17) is 9.97 Å². The summed E-state index contributed by atoms with van der Waals surface area (Å²) >= 11 is 0. The molecule has 8 aromatic carbocycles. The van der Waals surface area contributed by atoms with Crippen LogP contribution in [0.25, 0.3) is 111 Å². The maximum absolute atomic E-state index is 5.22. The average Bonchev–Trinajstić information content (AvgIpc) is 3.82. The van der Waals surface area contributed by atoms with Crippen molar-refractivity contribution in [1.29, 1.82) is 0 Å². The lowest BCUT2D eigenvalue weighted by molar-refractivity contribution is 1.00. The lowest BCUT2D eigenvalue weighted by atomic mass is 9.93. The van der Waals surface area contributed by atoms with E-state index >= 15 is 0 Å². The Hall–Kier alpha value is -7.89. The van der Waals surface area contributed by atoms with Crippen molar-refractivity contribution in [2.24, 2.45) is 0 Å². The second kappa shape index (κ2) is 12.8. The van der Waals surface area contributed by atoms with Crippen LogP contribution in [0.2, 0.25) is 0 Å². The molecule has 0 aliphatic heterocycles. The Morgan fingerprint density at radius 2 is 0.931 bits per heavy atom. The summed E-state index contributed by atoms with van der Waals surface area (Å²) in [4.78, 5) is 14.9. The van der Waals surface area contributed by atoms with Crippen molar-refractivity contribution in [3.63, 3.8) is 0 Å². The Balaban J connectivity index is 0.994. The molecule has 0 N–H and O–H groups in total. The molecule has 0 saturated heterocycles. The van der Waals surface area contributed by atoms with Crippen LogP contribution in [0.3, 0.4) is 0 Å². The first-order chi connectivity index (χ1) is 28.8. The number of pyridine rings is 1. The molecule has 270 valence electrons. The lowest BCUT2D eigenvalue weighted by Crippen LogP contribution is -2.04. The molecule has 0 fully saturated rings. The molecule has 0 spiro atoms. The number of rotatable bonds is 5. The van der Waals surface area contributed by atoms with Crippen molar-refractivity contribution < 1.29 is 0 Å². The van der Waals surface area contributed by atoms with Gasteiger partial charge in [-0.25, -0.2) is 9.97 Å². The first-order valence-corrected chi connectivity index (χ1v) is 19.6. The van der Waals surface area contributed by atoms with E-state index in [0.29, 0.717) is 11.6 Å². The SMILES string of the molecule is c1ccc(-c2nc(-n3c4ccccc4c4cc(-c5ccc(-c6cc7c8ccccc8n(-c8ccccc8)c7c7ccccc67)cc5)ccc43)nc3ncccc23)cc1. The van der Waals surface area contributed by atoms with Crippen LogP contribution in [-0.2, 0) is 0 Å². The van der Waals surface area contributed by atoms with Crippen LogP contribution in [0, 0.1) is 0 Å². The summed E-state index contributed by atoms with van der Waals surface area (Å²) in [5.74, 6) is 0.601. The van der Waals surface area contributed by atoms with E-state index in [1.807, 2.05) is 30.3 Å². The van der Waals surface area contributed by atoms with Crippen LogP contribution in [0.4, 0.5) is 0 Å². The quantitative estimate of drug-likeness (QED) is 0.177. The van der Waals surface area contributed by atoms with Gasteiger partial charge in [0.1, 0.15) is 0 Å². The van der Waals surface area contributed by atoms with Crippen molar-refractivity contribution in [2.45, 2.75) is 0 Å². The van der Waals surface area contributed by atoms with Gasteiger partial charge in [0.15, 0.2) is 5.65 Å². The number of benzene rings is 8. The van der Waals surface area contributed by atoms with Crippen molar-refractivity contribution in [2.75, 3.05) is 0 Å². The summed E-state index contributed by atoms with van der Waals surface area (Å²) in [5, 5.41) is 8.20. The van der Waals surface area contributed by atoms with Crippen molar-refractivity contribution in [1.82, 2.24) is 24.1 Å². The molecule has 5 nitrogen and oxygen atoms in total. The predicted octanol–water partition coefficient (Wildman–Crippen LogP) is 13.4. The monoisotopic (exact) mass is 739 g/mol. The van der Waals surface area contributed by atoms with Gasteiger partial charge >= 0.3 is 0 Å². The Kier molecular flexibility index (Phi) is 7.16. The molecular formula is C53H33N5. The second-order valence-corrected chi connectivity index (χ2v) is 14.8. The van der Waals surface area contributed by atoms with Crippen LogP contribution in [-0.4, -0.2) is 24.1 Å². The maximum atomic E-state index is 5.22. The number of hydrogen-bond donors (Lipinski definition) is 0. The molecule has 0 bridgehead atoms. The largest absolute Gasteiger partial charge is 0.309 e. The second-order valence-electron chi connectivity index (χ2n) is 14.8. The minimum absolute atomic E-state index is 0.601. The molecule has 0 atom stereocenters. The topological polar surface area (TPSA) is 48.5 Å². The van der Waals surface area contributed by atoms with Gasteiger partial charge in [-0.15, -0.1) is 0 Å². The third kappa shape index (κ3) is 4.93. The Morgan fingerprint density at radius 1 is 0.345 bits per heavy atom. The number of aromatic nitrogens is 5. The molecule has 58 heavy (non-hydrogen) atoms. The molecule has 0 unspecified atom stereocenters. The average molecular weight is 740 g/mol. The number of hydrogen-bond acceptors (Lipinski definition) is 3. The molecule has 0 amide bonds. The lowest BCUT2D eigenvalue weighted by Gasteiger charge is -2.13. The summed E-state index contributed by atoms with van der Waals surface area (Å²) in [6, 6.07) is 69.2. The molecule has 12 aromatic rings. The van der Waals surface area contributed by atoms with Gasteiger partial charge in [0.05, 0.1) is 27.8 Å². The van der Waals surface area contributed by atoms with Gasteiger partial charge in [-0.1, -0.05) is 140 Å². The highest BCUT2D eigenvalue weighted by Crippen LogP contribution is 2.42. The Morgan fingerprint density at radius 3 is 1.71 bits per heavy atom. The fourth-order valence-electron chi connectivity index (χ4n) is 8.98. The van der Waals surface area contributed by atoms with Gasteiger partial charge in [0, 0.05) is 49.8 Å². The Bertz CT molecular complexity index is 3550. The third-order valence-electron chi connectivity index (χ3n) is 11.6. The van der Waals surface area contributed by atoms with E-state index in [1.54, 1.807) is 6.20 Å².